The molecule has 3 rings (SSSR count). The summed E-state index contributed by atoms with van der Waals surface area (Å²) in [6.07, 6.45) is 5.30. The van der Waals surface area contributed by atoms with Gasteiger partial charge < -0.3 is 9.64 Å². The number of aldehydes is 1. The van der Waals surface area contributed by atoms with Crippen LogP contribution < -0.4 is 4.90 Å². The minimum Gasteiger partial charge on any atom is -0.350 e. The molecule has 126 valence electrons. The van der Waals surface area contributed by atoms with E-state index in [0.29, 0.717) is 5.69 Å². The van der Waals surface area contributed by atoms with E-state index < -0.39 is 0 Å². The van der Waals surface area contributed by atoms with Gasteiger partial charge in [0.1, 0.15) is 24.1 Å². The van der Waals surface area contributed by atoms with Gasteiger partial charge >= 0.3 is 0 Å². The van der Waals surface area contributed by atoms with E-state index in [4.69, 9.17) is 4.74 Å². The Bertz CT molecular complexity index is 715. The van der Waals surface area contributed by atoms with Gasteiger partial charge in [-0.25, -0.2) is 9.97 Å². The summed E-state index contributed by atoms with van der Waals surface area (Å²) in [4.78, 5) is 21.5. The summed E-state index contributed by atoms with van der Waals surface area (Å²) in [6, 6.07) is 8.53. The average Bonchev–Trinajstić information content (AvgIpc) is 2.62. The van der Waals surface area contributed by atoms with E-state index in [1.54, 1.807) is 0 Å². The molecule has 0 radical (unpaired) electrons. The van der Waals surface area contributed by atoms with Crippen molar-refractivity contribution in [2.24, 2.45) is 0 Å². The zero-order valence-electron chi connectivity index (χ0n) is 14.4. The molecule has 2 heterocycles. The molecule has 0 spiro atoms. The minimum absolute atomic E-state index is 0.0573. The van der Waals surface area contributed by atoms with Crippen LogP contribution in [0.1, 0.15) is 52.5 Å². The first kappa shape index (κ1) is 16.6. The van der Waals surface area contributed by atoms with Crippen LogP contribution in [0.5, 0.6) is 0 Å². The maximum absolute atomic E-state index is 11.1. The van der Waals surface area contributed by atoms with Gasteiger partial charge in [-0.15, -0.1) is 0 Å². The van der Waals surface area contributed by atoms with Crippen molar-refractivity contribution in [2.75, 3.05) is 11.9 Å². The van der Waals surface area contributed by atoms with Crippen molar-refractivity contribution in [1.29, 1.82) is 0 Å². The van der Waals surface area contributed by atoms with E-state index in [9.17, 15) is 4.79 Å². The van der Waals surface area contributed by atoms with Crippen LogP contribution in [0.3, 0.4) is 0 Å². The van der Waals surface area contributed by atoms with Gasteiger partial charge in [0.05, 0.1) is 6.10 Å². The highest BCUT2D eigenvalue weighted by atomic mass is 16.5. The molecule has 1 aromatic heterocycles. The lowest BCUT2D eigenvalue weighted by atomic mass is 9.99. The molecule has 1 saturated heterocycles. The highest BCUT2D eigenvalue weighted by Crippen LogP contribution is 2.34. The molecule has 1 aromatic carbocycles. The molecule has 1 aliphatic heterocycles. The number of carbonyl (C=O) groups is 1. The summed E-state index contributed by atoms with van der Waals surface area (Å²) in [6.45, 7) is 3.96. The first-order chi connectivity index (χ1) is 11.6. The van der Waals surface area contributed by atoms with Crippen molar-refractivity contribution in [3.8, 4) is 0 Å². The highest BCUT2D eigenvalue weighted by molar-refractivity contribution is 5.76. The molecule has 0 aliphatic carbocycles. The van der Waals surface area contributed by atoms with E-state index in [1.807, 2.05) is 18.9 Å². The number of nitrogens with zero attached hydrogens (tertiary/aromatic N) is 3. The molecule has 2 aromatic rings. The number of anilines is 1. The number of hydrogen-bond donors (Lipinski definition) is 0. The second-order valence-electron chi connectivity index (χ2n) is 6.36. The van der Waals surface area contributed by atoms with Crippen molar-refractivity contribution >= 4 is 12.1 Å². The number of ether oxygens (including phenoxy) is 1. The number of benzene rings is 1. The van der Waals surface area contributed by atoms with Crippen molar-refractivity contribution in [1.82, 2.24) is 9.97 Å². The van der Waals surface area contributed by atoms with E-state index in [1.165, 1.54) is 17.5 Å². The largest absolute Gasteiger partial charge is 0.350 e. The Hall–Kier alpha value is -2.27. The molecule has 0 saturated carbocycles. The Labute approximate surface area is 142 Å². The van der Waals surface area contributed by atoms with Crippen molar-refractivity contribution in [2.45, 2.75) is 45.4 Å². The van der Waals surface area contributed by atoms with Gasteiger partial charge in [0.25, 0.3) is 0 Å². The lowest BCUT2D eigenvalue weighted by Gasteiger charge is -2.37. The Morgan fingerprint density at radius 3 is 2.62 bits per heavy atom. The normalized spacial score (nSPS) is 20.6. The molecule has 5 nitrogen and oxygen atoms in total. The summed E-state index contributed by atoms with van der Waals surface area (Å²) in [7, 11) is 1.96. The van der Waals surface area contributed by atoms with Gasteiger partial charge in [-0.05, 0) is 38.7 Å². The number of carbonyl (C=O) groups excluding carboxylic acids is 1. The topological polar surface area (TPSA) is 55.3 Å². The van der Waals surface area contributed by atoms with E-state index in [-0.39, 0.29) is 12.3 Å². The van der Waals surface area contributed by atoms with E-state index >= 15 is 0 Å². The third kappa shape index (κ3) is 3.31. The monoisotopic (exact) mass is 325 g/mol. The summed E-state index contributed by atoms with van der Waals surface area (Å²) < 4.78 is 6.33. The predicted molar refractivity (Wildman–Crippen MR) is 93.2 cm³/mol. The maximum atomic E-state index is 11.1. The fraction of sp³-hybridized carbons (Fsp3) is 0.421. The van der Waals surface area contributed by atoms with E-state index in [2.05, 4.69) is 41.2 Å². The van der Waals surface area contributed by atoms with Crippen LogP contribution in [0.25, 0.3) is 0 Å². The van der Waals surface area contributed by atoms with Crippen molar-refractivity contribution < 1.29 is 9.53 Å². The second kappa shape index (κ2) is 7.09. The number of rotatable bonds is 4. The molecule has 24 heavy (non-hydrogen) atoms. The number of aromatic nitrogens is 2. The molecule has 1 fully saturated rings. The predicted octanol–water partition coefficient (Wildman–Crippen LogP) is 3.61. The molecular weight excluding hydrogens is 302 g/mol. The van der Waals surface area contributed by atoms with Gasteiger partial charge in [-0.2, -0.15) is 0 Å². The highest BCUT2D eigenvalue weighted by Gasteiger charge is 2.28. The van der Waals surface area contributed by atoms with Crippen molar-refractivity contribution in [3.63, 3.8) is 0 Å². The molecule has 0 bridgehead atoms. The van der Waals surface area contributed by atoms with Gasteiger partial charge in [0.15, 0.2) is 6.29 Å². The Morgan fingerprint density at radius 2 is 1.92 bits per heavy atom. The average molecular weight is 325 g/mol. The summed E-state index contributed by atoms with van der Waals surface area (Å²) in [5.74, 6) is 0.752. The SMILES string of the molecule is Cc1ccc([C@@H]2CCC[C@H](N(C)c3ncnc(C=O)c3C)O2)cc1. The van der Waals surface area contributed by atoms with Gasteiger partial charge in [0.2, 0.25) is 0 Å². The first-order valence-corrected chi connectivity index (χ1v) is 8.31. The lowest BCUT2D eigenvalue weighted by molar-refractivity contribution is -0.0503. The number of aryl methyl sites for hydroxylation is 1. The number of hydrogen-bond acceptors (Lipinski definition) is 5. The molecule has 0 amide bonds. The van der Waals surface area contributed by atoms with Crippen LogP contribution in [0.4, 0.5) is 5.82 Å². The molecule has 0 N–H and O–H groups in total. The summed E-state index contributed by atoms with van der Waals surface area (Å²) in [5.41, 5.74) is 3.68. The molecule has 2 atom stereocenters. The minimum atomic E-state index is -0.0573. The van der Waals surface area contributed by atoms with Crippen LogP contribution in [0.15, 0.2) is 30.6 Å². The summed E-state index contributed by atoms with van der Waals surface area (Å²) in [5, 5.41) is 0. The second-order valence-corrected chi connectivity index (χ2v) is 6.36. The summed E-state index contributed by atoms with van der Waals surface area (Å²) >= 11 is 0. The Kier molecular flexibility index (Phi) is 4.90. The zero-order chi connectivity index (χ0) is 17.1. The van der Waals surface area contributed by atoms with E-state index in [0.717, 1.165) is 36.9 Å². The van der Waals surface area contributed by atoms with Gasteiger partial charge in [-0.3, -0.25) is 4.79 Å². The Morgan fingerprint density at radius 1 is 1.17 bits per heavy atom. The maximum Gasteiger partial charge on any atom is 0.168 e. The standard InChI is InChI=1S/C19H23N3O2/c1-13-7-9-15(10-8-13)17-5-4-6-18(24-17)22(3)19-14(2)16(11-23)20-12-21-19/h7-12,17-18H,4-6H2,1-3H3/t17-,18+/m0/s1. The van der Waals surface area contributed by atoms with Gasteiger partial charge in [-0.1, -0.05) is 29.8 Å². The molecular formula is C19H23N3O2. The lowest BCUT2D eigenvalue weighted by Crippen LogP contribution is -2.38. The van der Waals surface area contributed by atoms with Crippen LogP contribution in [-0.4, -0.2) is 29.5 Å². The van der Waals surface area contributed by atoms with Crippen LogP contribution in [-0.2, 0) is 4.74 Å². The van der Waals surface area contributed by atoms with Crippen LogP contribution in [0.2, 0.25) is 0 Å². The third-order valence-corrected chi connectivity index (χ3v) is 4.66. The molecule has 0 unspecified atom stereocenters. The fourth-order valence-corrected chi connectivity index (χ4v) is 3.18. The smallest absolute Gasteiger partial charge is 0.168 e. The first-order valence-electron chi connectivity index (χ1n) is 8.31. The third-order valence-electron chi connectivity index (χ3n) is 4.66. The molecule has 5 heteroatoms. The van der Waals surface area contributed by atoms with Crippen LogP contribution in [0, 0.1) is 13.8 Å². The van der Waals surface area contributed by atoms with Gasteiger partial charge in [0, 0.05) is 12.6 Å². The Balaban J connectivity index is 1.79. The quantitative estimate of drug-likeness (QED) is 0.804. The van der Waals surface area contributed by atoms with Crippen LogP contribution >= 0.6 is 0 Å². The molecule has 1 aliphatic rings. The van der Waals surface area contributed by atoms with Crippen molar-refractivity contribution in [3.05, 3.63) is 53.0 Å². The zero-order valence-corrected chi connectivity index (χ0v) is 14.4. The fourth-order valence-electron chi connectivity index (χ4n) is 3.18.